The summed E-state index contributed by atoms with van der Waals surface area (Å²) in [6, 6.07) is 9.76. The van der Waals surface area contributed by atoms with Crippen molar-refractivity contribution in [2.24, 2.45) is 0 Å². The van der Waals surface area contributed by atoms with Crippen molar-refractivity contribution < 1.29 is 9.21 Å². The molecule has 0 radical (unpaired) electrons. The molecular weight excluding hydrogens is 368 g/mol. The van der Waals surface area contributed by atoms with Crippen LogP contribution >= 0.6 is 0 Å². The van der Waals surface area contributed by atoms with Crippen LogP contribution in [0.15, 0.2) is 47.3 Å². The maximum atomic E-state index is 13.1. The summed E-state index contributed by atoms with van der Waals surface area (Å²) < 4.78 is 5.54. The second-order valence-corrected chi connectivity index (χ2v) is 7.40. The summed E-state index contributed by atoms with van der Waals surface area (Å²) in [5, 5.41) is 0. The van der Waals surface area contributed by atoms with E-state index in [4.69, 9.17) is 10.2 Å². The van der Waals surface area contributed by atoms with Gasteiger partial charge in [-0.2, -0.15) is 0 Å². The van der Waals surface area contributed by atoms with Crippen molar-refractivity contribution in [3.8, 4) is 11.3 Å². The maximum Gasteiger partial charge on any atom is 0.276 e. The van der Waals surface area contributed by atoms with Gasteiger partial charge in [-0.25, -0.2) is 15.0 Å². The zero-order chi connectivity index (χ0) is 20.4. The van der Waals surface area contributed by atoms with Gasteiger partial charge < -0.3 is 15.1 Å². The minimum Gasteiger partial charge on any atom is -0.443 e. The van der Waals surface area contributed by atoms with E-state index >= 15 is 0 Å². The molecule has 1 atom stereocenters. The molecule has 29 heavy (non-hydrogen) atoms. The van der Waals surface area contributed by atoms with E-state index in [0.717, 1.165) is 17.5 Å². The Hall–Kier alpha value is -3.26. The largest absolute Gasteiger partial charge is 0.443 e. The predicted octanol–water partition coefficient (Wildman–Crippen LogP) is 2.37. The number of amides is 1. The lowest BCUT2D eigenvalue weighted by atomic mass is 10.1. The van der Waals surface area contributed by atoms with Crippen molar-refractivity contribution >= 4 is 11.7 Å². The number of nitrogens with zero attached hydrogens (tertiary/aromatic N) is 5. The van der Waals surface area contributed by atoms with Crippen molar-refractivity contribution in [3.05, 3.63) is 60.0 Å². The fraction of sp³-hybridized carbons (Fsp3) is 0.333. The SMILES string of the molecule is Cc1ccc(-c2ocnc2C(=O)N2CC[C@H](N(C)Cc3nccc(N)n3)C2)cc1. The summed E-state index contributed by atoms with van der Waals surface area (Å²) in [5.74, 6) is 1.54. The minimum absolute atomic E-state index is 0.106. The van der Waals surface area contributed by atoms with E-state index in [9.17, 15) is 4.79 Å². The molecule has 8 heteroatoms. The fourth-order valence-corrected chi connectivity index (χ4v) is 3.59. The molecule has 0 bridgehead atoms. The molecule has 0 saturated carbocycles. The number of aryl methyl sites for hydroxylation is 1. The Morgan fingerprint density at radius 3 is 2.83 bits per heavy atom. The Balaban J connectivity index is 1.44. The fourth-order valence-electron chi connectivity index (χ4n) is 3.59. The van der Waals surface area contributed by atoms with Crippen LogP contribution in [0.4, 0.5) is 5.82 Å². The van der Waals surface area contributed by atoms with Crippen LogP contribution in [-0.4, -0.2) is 56.8 Å². The van der Waals surface area contributed by atoms with Gasteiger partial charge in [0, 0.05) is 30.9 Å². The molecule has 2 N–H and O–H groups in total. The van der Waals surface area contributed by atoms with E-state index in [2.05, 4.69) is 19.9 Å². The summed E-state index contributed by atoms with van der Waals surface area (Å²) in [7, 11) is 2.01. The number of benzene rings is 1. The Morgan fingerprint density at radius 2 is 2.07 bits per heavy atom. The van der Waals surface area contributed by atoms with Gasteiger partial charge in [-0.05, 0) is 26.5 Å². The topological polar surface area (TPSA) is 101 Å². The molecule has 0 unspecified atom stereocenters. The lowest BCUT2D eigenvalue weighted by Crippen LogP contribution is -2.36. The molecule has 8 nitrogen and oxygen atoms in total. The summed E-state index contributed by atoms with van der Waals surface area (Å²) in [6.07, 6.45) is 3.87. The second kappa shape index (κ2) is 8.00. The number of likely N-dealkylation sites (N-methyl/N-ethyl adjacent to an activating group) is 1. The van der Waals surface area contributed by atoms with Gasteiger partial charge in [-0.15, -0.1) is 0 Å². The van der Waals surface area contributed by atoms with Gasteiger partial charge in [-0.1, -0.05) is 29.8 Å². The molecule has 0 spiro atoms. The third-order valence-electron chi connectivity index (χ3n) is 5.28. The van der Waals surface area contributed by atoms with Gasteiger partial charge in [0.15, 0.2) is 17.8 Å². The number of rotatable bonds is 5. The lowest BCUT2D eigenvalue weighted by Gasteiger charge is -2.23. The smallest absolute Gasteiger partial charge is 0.276 e. The van der Waals surface area contributed by atoms with Gasteiger partial charge >= 0.3 is 0 Å². The quantitative estimate of drug-likeness (QED) is 0.711. The average molecular weight is 392 g/mol. The molecule has 1 fully saturated rings. The molecule has 1 saturated heterocycles. The number of carbonyl (C=O) groups is 1. The number of hydrogen-bond acceptors (Lipinski definition) is 7. The molecule has 4 rings (SSSR count). The Bertz CT molecular complexity index is 1000. The van der Waals surface area contributed by atoms with Gasteiger partial charge in [0.1, 0.15) is 11.6 Å². The van der Waals surface area contributed by atoms with Gasteiger partial charge in [-0.3, -0.25) is 9.69 Å². The predicted molar refractivity (Wildman–Crippen MR) is 109 cm³/mol. The first-order chi connectivity index (χ1) is 14.0. The molecular formula is C21H24N6O2. The van der Waals surface area contributed by atoms with Crippen molar-refractivity contribution in [3.63, 3.8) is 0 Å². The van der Waals surface area contributed by atoms with E-state index in [1.165, 1.54) is 6.39 Å². The van der Waals surface area contributed by atoms with Crippen molar-refractivity contribution in [1.29, 1.82) is 0 Å². The number of nitrogens with two attached hydrogens (primary N) is 1. The zero-order valence-electron chi connectivity index (χ0n) is 16.6. The number of hydrogen-bond donors (Lipinski definition) is 1. The first-order valence-corrected chi connectivity index (χ1v) is 9.58. The highest BCUT2D eigenvalue weighted by molar-refractivity contribution is 5.97. The third kappa shape index (κ3) is 4.12. The Labute approximate surface area is 169 Å². The number of oxazole rings is 1. The first-order valence-electron chi connectivity index (χ1n) is 9.58. The molecule has 3 heterocycles. The van der Waals surface area contributed by atoms with Crippen molar-refractivity contribution in [1.82, 2.24) is 24.8 Å². The highest BCUT2D eigenvalue weighted by Crippen LogP contribution is 2.26. The van der Waals surface area contributed by atoms with Gasteiger partial charge in [0.2, 0.25) is 0 Å². The number of anilines is 1. The molecule has 1 aliphatic rings. The van der Waals surface area contributed by atoms with Crippen LogP contribution in [0, 0.1) is 6.92 Å². The third-order valence-corrected chi connectivity index (χ3v) is 5.28. The van der Waals surface area contributed by atoms with Crippen LogP contribution in [-0.2, 0) is 6.54 Å². The van der Waals surface area contributed by atoms with Gasteiger partial charge in [0.05, 0.1) is 6.54 Å². The van der Waals surface area contributed by atoms with E-state index in [-0.39, 0.29) is 11.9 Å². The van der Waals surface area contributed by atoms with Crippen molar-refractivity contribution in [2.75, 3.05) is 25.9 Å². The Morgan fingerprint density at radius 1 is 1.28 bits per heavy atom. The molecule has 1 aliphatic heterocycles. The Kier molecular flexibility index (Phi) is 5.26. The highest BCUT2D eigenvalue weighted by Gasteiger charge is 2.32. The average Bonchev–Trinajstić information content (AvgIpc) is 3.38. The van der Waals surface area contributed by atoms with Gasteiger partial charge in [0.25, 0.3) is 5.91 Å². The first kappa shape index (κ1) is 19.1. The summed E-state index contributed by atoms with van der Waals surface area (Å²) in [5.41, 5.74) is 8.09. The van der Waals surface area contributed by atoms with E-state index in [1.54, 1.807) is 12.3 Å². The van der Waals surface area contributed by atoms with Crippen LogP contribution in [0.3, 0.4) is 0 Å². The zero-order valence-corrected chi connectivity index (χ0v) is 16.6. The van der Waals surface area contributed by atoms with Crippen LogP contribution in [0.25, 0.3) is 11.3 Å². The number of nitrogen functional groups attached to an aromatic ring is 1. The lowest BCUT2D eigenvalue weighted by molar-refractivity contribution is 0.0774. The van der Waals surface area contributed by atoms with E-state index < -0.39 is 0 Å². The standard InChI is InChI=1S/C21H24N6O2/c1-14-3-5-15(6-4-14)20-19(24-13-29-20)21(28)27-10-8-16(11-27)26(2)12-18-23-9-7-17(22)25-18/h3-7,9,13,16H,8,10-12H2,1-2H3,(H2,22,23,25)/t16-/m0/s1. The molecule has 1 amide bonds. The summed E-state index contributed by atoms with van der Waals surface area (Å²) in [6.45, 7) is 3.89. The molecule has 2 aromatic heterocycles. The van der Waals surface area contributed by atoms with Crippen molar-refractivity contribution in [2.45, 2.75) is 25.9 Å². The highest BCUT2D eigenvalue weighted by atomic mass is 16.3. The van der Waals surface area contributed by atoms with Crippen LogP contribution in [0.5, 0.6) is 0 Å². The molecule has 3 aromatic rings. The minimum atomic E-state index is -0.106. The normalized spacial score (nSPS) is 16.5. The number of likely N-dealkylation sites (tertiary alicyclic amines) is 1. The van der Waals surface area contributed by atoms with Crippen LogP contribution in [0.2, 0.25) is 0 Å². The molecule has 1 aromatic carbocycles. The van der Waals surface area contributed by atoms with Crippen LogP contribution in [0.1, 0.15) is 28.3 Å². The van der Waals surface area contributed by atoms with Crippen LogP contribution < -0.4 is 5.73 Å². The number of aromatic nitrogens is 3. The molecule has 0 aliphatic carbocycles. The monoisotopic (exact) mass is 392 g/mol. The second-order valence-electron chi connectivity index (χ2n) is 7.40. The molecule has 150 valence electrons. The van der Waals surface area contributed by atoms with E-state index in [0.29, 0.717) is 42.7 Å². The summed E-state index contributed by atoms with van der Waals surface area (Å²) >= 11 is 0. The summed E-state index contributed by atoms with van der Waals surface area (Å²) in [4.78, 5) is 29.8. The number of carbonyl (C=O) groups excluding carboxylic acids is 1. The van der Waals surface area contributed by atoms with E-state index in [1.807, 2.05) is 43.1 Å². The maximum absolute atomic E-state index is 13.1.